The van der Waals surface area contributed by atoms with E-state index in [1.165, 1.54) is 0 Å². The Morgan fingerprint density at radius 3 is 2.42 bits per heavy atom. The van der Waals surface area contributed by atoms with Gasteiger partial charge in [-0.2, -0.15) is 0 Å². The molecule has 0 aliphatic heterocycles. The summed E-state index contributed by atoms with van der Waals surface area (Å²) in [5.74, 6) is 2.62. The zero-order valence-corrected chi connectivity index (χ0v) is 11.3. The minimum atomic E-state index is 0.482. The van der Waals surface area contributed by atoms with E-state index in [0.29, 0.717) is 13.2 Å². The normalized spacial score (nSPS) is 10.6. The number of methoxy groups -OCH3 is 1. The lowest BCUT2D eigenvalue weighted by atomic mass is 10.2. The third-order valence-corrected chi connectivity index (χ3v) is 2.74. The Labute approximate surface area is 113 Å². The molecule has 0 radical (unpaired) electrons. The molecule has 0 aliphatic carbocycles. The molecule has 1 aromatic carbocycles. The molecule has 0 bridgehead atoms. The van der Waals surface area contributed by atoms with Crippen LogP contribution in [0.15, 0.2) is 40.8 Å². The predicted octanol–water partition coefficient (Wildman–Crippen LogP) is 2.72. The fraction of sp³-hybridized carbons (Fsp3) is 0.333. The summed E-state index contributed by atoms with van der Waals surface area (Å²) in [4.78, 5) is 0. The molecule has 1 aromatic heterocycles. The molecule has 0 saturated heterocycles. The van der Waals surface area contributed by atoms with E-state index in [-0.39, 0.29) is 0 Å². The van der Waals surface area contributed by atoms with E-state index < -0.39 is 0 Å². The average molecular weight is 261 g/mol. The molecule has 2 rings (SSSR count). The van der Waals surface area contributed by atoms with Crippen LogP contribution in [0.4, 0.5) is 0 Å². The summed E-state index contributed by atoms with van der Waals surface area (Å²) in [7, 11) is 3.55. The minimum Gasteiger partial charge on any atom is -0.497 e. The Morgan fingerprint density at radius 1 is 1.00 bits per heavy atom. The van der Waals surface area contributed by atoms with Gasteiger partial charge < -0.3 is 19.2 Å². The van der Waals surface area contributed by atoms with Crippen LogP contribution >= 0.6 is 0 Å². The first-order valence-electron chi connectivity index (χ1n) is 6.24. The maximum atomic E-state index is 5.62. The van der Waals surface area contributed by atoms with E-state index in [0.717, 1.165) is 29.4 Å². The number of hydrogen-bond acceptors (Lipinski definition) is 4. The van der Waals surface area contributed by atoms with Crippen molar-refractivity contribution in [3.63, 3.8) is 0 Å². The summed E-state index contributed by atoms with van der Waals surface area (Å²) in [5, 5.41) is 3.04. The molecule has 0 spiro atoms. The summed E-state index contributed by atoms with van der Waals surface area (Å²) in [6.07, 6.45) is 0. The first-order chi connectivity index (χ1) is 9.31. The van der Waals surface area contributed by atoms with Crippen molar-refractivity contribution in [3.8, 4) is 5.75 Å². The summed E-state index contributed by atoms with van der Waals surface area (Å²) >= 11 is 0. The fourth-order valence-electron chi connectivity index (χ4n) is 1.76. The summed E-state index contributed by atoms with van der Waals surface area (Å²) in [5.41, 5.74) is 1.11. The van der Waals surface area contributed by atoms with Gasteiger partial charge in [-0.05, 0) is 36.9 Å². The second-order valence-corrected chi connectivity index (χ2v) is 4.24. The average Bonchev–Trinajstić information content (AvgIpc) is 2.88. The molecular weight excluding hydrogens is 242 g/mol. The Bertz CT molecular complexity index is 490. The van der Waals surface area contributed by atoms with Crippen LogP contribution in [0.25, 0.3) is 0 Å². The molecule has 19 heavy (non-hydrogen) atoms. The van der Waals surface area contributed by atoms with E-state index in [4.69, 9.17) is 13.9 Å². The highest BCUT2D eigenvalue weighted by Gasteiger charge is 2.02. The van der Waals surface area contributed by atoms with Crippen molar-refractivity contribution in [1.29, 1.82) is 0 Å². The van der Waals surface area contributed by atoms with Crippen molar-refractivity contribution in [2.24, 2.45) is 0 Å². The zero-order valence-electron chi connectivity index (χ0n) is 11.3. The number of benzene rings is 1. The van der Waals surface area contributed by atoms with Crippen LogP contribution < -0.4 is 10.1 Å². The van der Waals surface area contributed by atoms with Gasteiger partial charge in [-0.15, -0.1) is 0 Å². The number of rotatable bonds is 7. The maximum Gasteiger partial charge on any atom is 0.129 e. The van der Waals surface area contributed by atoms with Crippen LogP contribution in [0.3, 0.4) is 0 Å². The van der Waals surface area contributed by atoms with Crippen molar-refractivity contribution in [2.75, 3.05) is 14.2 Å². The molecule has 0 fully saturated rings. The largest absolute Gasteiger partial charge is 0.497 e. The van der Waals surface area contributed by atoms with Gasteiger partial charge in [0.15, 0.2) is 0 Å². The fourth-order valence-corrected chi connectivity index (χ4v) is 1.76. The smallest absolute Gasteiger partial charge is 0.129 e. The number of hydrogen-bond donors (Lipinski definition) is 1. The standard InChI is InChI=1S/C15H19NO3/c1-16-9-14-7-8-15(19-14)11-18-10-12-3-5-13(17-2)6-4-12/h3-8,16H,9-11H2,1-2H3. The summed E-state index contributed by atoms with van der Waals surface area (Å²) in [6, 6.07) is 11.7. The van der Waals surface area contributed by atoms with Crippen LogP contribution in [0.2, 0.25) is 0 Å². The van der Waals surface area contributed by atoms with Crippen molar-refractivity contribution >= 4 is 0 Å². The molecule has 102 valence electrons. The van der Waals surface area contributed by atoms with Crippen molar-refractivity contribution in [2.45, 2.75) is 19.8 Å². The van der Waals surface area contributed by atoms with Gasteiger partial charge in [0, 0.05) is 0 Å². The van der Waals surface area contributed by atoms with Crippen LogP contribution in [-0.2, 0) is 24.5 Å². The topological polar surface area (TPSA) is 43.6 Å². The molecule has 1 heterocycles. The van der Waals surface area contributed by atoms with Gasteiger partial charge in [0.05, 0.1) is 20.3 Å². The Kier molecular flexibility index (Phi) is 5.01. The third kappa shape index (κ3) is 4.12. The predicted molar refractivity (Wildman–Crippen MR) is 73.0 cm³/mol. The quantitative estimate of drug-likeness (QED) is 0.832. The molecule has 0 aliphatic rings. The van der Waals surface area contributed by atoms with E-state index in [1.807, 2.05) is 43.4 Å². The lowest BCUT2D eigenvalue weighted by molar-refractivity contribution is 0.0920. The summed E-state index contributed by atoms with van der Waals surface area (Å²) < 4.78 is 16.3. The van der Waals surface area contributed by atoms with Crippen molar-refractivity contribution < 1.29 is 13.9 Å². The van der Waals surface area contributed by atoms with Gasteiger partial charge >= 0.3 is 0 Å². The number of nitrogens with one attached hydrogen (secondary N) is 1. The molecule has 4 heteroatoms. The maximum absolute atomic E-state index is 5.62. The second kappa shape index (κ2) is 6.97. The Morgan fingerprint density at radius 2 is 1.74 bits per heavy atom. The van der Waals surface area contributed by atoms with Gasteiger partial charge in [-0.3, -0.25) is 0 Å². The van der Waals surface area contributed by atoms with Crippen LogP contribution in [-0.4, -0.2) is 14.2 Å². The van der Waals surface area contributed by atoms with E-state index in [9.17, 15) is 0 Å². The van der Waals surface area contributed by atoms with Crippen LogP contribution in [0.5, 0.6) is 5.75 Å². The lowest BCUT2D eigenvalue weighted by Crippen LogP contribution is -2.03. The zero-order chi connectivity index (χ0) is 13.5. The van der Waals surface area contributed by atoms with Crippen molar-refractivity contribution in [3.05, 3.63) is 53.5 Å². The summed E-state index contributed by atoms with van der Waals surface area (Å²) in [6.45, 7) is 1.78. The van der Waals surface area contributed by atoms with E-state index in [2.05, 4.69) is 5.32 Å². The minimum absolute atomic E-state index is 0.482. The highest BCUT2D eigenvalue weighted by atomic mass is 16.5. The van der Waals surface area contributed by atoms with Gasteiger partial charge in [0.25, 0.3) is 0 Å². The first-order valence-corrected chi connectivity index (χ1v) is 6.24. The molecule has 2 aromatic rings. The Balaban J connectivity index is 1.78. The van der Waals surface area contributed by atoms with Crippen LogP contribution in [0.1, 0.15) is 17.1 Å². The molecule has 0 unspecified atom stereocenters. The number of furan rings is 1. The second-order valence-electron chi connectivity index (χ2n) is 4.24. The van der Waals surface area contributed by atoms with Crippen molar-refractivity contribution in [1.82, 2.24) is 5.32 Å². The van der Waals surface area contributed by atoms with Gasteiger partial charge in [-0.25, -0.2) is 0 Å². The SMILES string of the molecule is CNCc1ccc(COCc2ccc(OC)cc2)o1. The van der Waals surface area contributed by atoms with E-state index >= 15 is 0 Å². The van der Waals surface area contributed by atoms with Gasteiger partial charge in [0.1, 0.15) is 23.9 Å². The molecule has 0 amide bonds. The lowest BCUT2D eigenvalue weighted by Gasteiger charge is -2.04. The number of ether oxygens (including phenoxy) is 2. The highest BCUT2D eigenvalue weighted by molar-refractivity contribution is 5.26. The van der Waals surface area contributed by atoms with Gasteiger partial charge in [0.2, 0.25) is 0 Å². The first kappa shape index (κ1) is 13.6. The molecule has 0 saturated carbocycles. The molecule has 4 nitrogen and oxygen atoms in total. The monoisotopic (exact) mass is 261 g/mol. The van der Waals surface area contributed by atoms with Gasteiger partial charge in [-0.1, -0.05) is 12.1 Å². The van der Waals surface area contributed by atoms with E-state index in [1.54, 1.807) is 7.11 Å². The van der Waals surface area contributed by atoms with Crippen LogP contribution in [0, 0.1) is 0 Å². The molecule has 0 atom stereocenters. The Hall–Kier alpha value is -1.78. The molecule has 1 N–H and O–H groups in total. The molecular formula is C15H19NO3. The third-order valence-electron chi connectivity index (χ3n) is 2.74. The highest BCUT2D eigenvalue weighted by Crippen LogP contribution is 2.13.